The molecule has 0 radical (unpaired) electrons. The van der Waals surface area contributed by atoms with Crippen LogP contribution >= 0.6 is 0 Å². The van der Waals surface area contributed by atoms with Crippen LogP contribution in [0, 0.1) is 6.92 Å². The van der Waals surface area contributed by atoms with Crippen molar-refractivity contribution in [2.24, 2.45) is 0 Å². The SMILES string of the molecule is COc1ccc(CN2CCN(Cc3cccn3-c3ccccn3)CC2CCO)cc1C. The molecule has 1 atom stereocenters. The van der Waals surface area contributed by atoms with E-state index in [1.807, 2.05) is 30.5 Å². The maximum atomic E-state index is 9.68. The van der Waals surface area contributed by atoms with Crippen LogP contribution < -0.4 is 4.74 Å². The second-order valence-electron chi connectivity index (χ2n) is 8.23. The van der Waals surface area contributed by atoms with Gasteiger partial charge in [0.1, 0.15) is 11.6 Å². The molecule has 1 N–H and O–H groups in total. The molecule has 3 heterocycles. The van der Waals surface area contributed by atoms with Crippen LogP contribution in [0.5, 0.6) is 5.75 Å². The van der Waals surface area contributed by atoms with Crippen molar-refractivity contribution in [2.75, 3.05) is 33.4 Å². The lowest BCUT2D eigenvalue weighted by Gasteiger charge is -2.41. The molecule has 164 valence electrons. The van der Waals surface area contributed by atoms with Crippen LogP contribution in [0.1, 0.15) is 23.2 Å². The highest BCUT2D eigenvalue weighted by Gasteiger charge is 2.27. The number of pyridine rings is 1. The molecule has 2 aromatic heterocycles. The topological polar surface area (TPSA) is 53.8 Å². The molecule has 3 aromatic rings. The maximum absolute atomic E-state index is 9.68. The van der Waals surface area contributed by atoms with Crippen molar-refractivity contribution in [1.82, 2.24) is 19.4 Å². The Kier molecular flexibility index (Phi) is 7.02. The summed E-state index contributed by atoms with van der Waals surface area (Å²) in [5.74, 6) is 1.87. The second-order valence-corrected chi connectivity index (χ2v) is 8.23. The highest BCUT2D eigenvalue weighted by atomic mass is 16.5. The van der Waals surface area contributed by atoms with Crippen molar-refractivity contribution in [3.8, 4) is 11.6 Å². The van der Waals surface area contributed by atoms with Crippen LogP contribution in [0.4, 0.5) is 0 Å². The summed E-state index contributed by atoms with van der Waals surface area (Å²) >= 11 is 0. The van der Waals surface area contributed by atoms with Crippen molar-refractivity contribution in [3.63, 3.8) is 0 Å². The standard InChI is InChI=1S/C25H32N4O2/c1-20-16-21(8-9-24(20)31-2)17-28-14-13-27(18-22(28)10-15-30)19-23-6-5-12-29(23)25-7-3-4-11-26-25/h3-9,11-12,16,22,30H,10,13-15,17-19H2,1-2H3. The molecule has 1 aliphatic rings. The molecule has 0 bridgehead atoms. The first-order valence-corrected chi connectivity index (χ1v) is 11.0. The minimum atomic E-state index is 0.209. The maximum Gasteiger partial charge on any atom is 0.136 e. The quantitative estimate of drug-likeness (QED) is 0.606. The van der Waals surface area contributed by atoms with Crippen molar-refractivity contribution < 1.29 is 9.84 Å². The number of nitrogens with zero attached hydrogens (tertiary/aromatic N) is 4. The number of aliphatic hydroxyl groups excluding tert-OH is 1. The molecule has 1 aromatic carbocycles. The van der Waals surface area contributed by atoms with Gasteiger partial charge in [-0.05, 0) is 54.8 Å². The molecule has 6 heteroatoms. The summed E-state index contributed by atoms with van der Waals surface area (Å²) in [4.78, 5) is 9.49. The zero-order valence-electron chi connectivity index (χ0n) is 18.4. The summed E-state index contributed by atoms with van der Waals surface area (Å²) in [6.45, 7) is 7.01. The van der Waals surface area contributed by atoms with E-state index in [4.69, 9.17) is 4.74 Å². The van der Waals surface area contributed by atoms with Gasteiger partial charge in [0.15, 0.2) is 0 Å². The molecule has 1 unspecified atom stereocenters. The molecular formula is C25H32N4O2. The van der Waals surface area contributed by atoms with E-state index >= 15 is 0 Å². The van der Waals surface area contributed by atoms with Gasteiger partial charge in [0.2, 0.25) is 0 Å². The van der Waals surface area contributed by atoms with E-state index in [0.29, 0.717) is 6.04 Å². The van der Waals surface area contributed by atoms with Gasteiger partial charge >= 0.3 is 0 Å². The van der Waals surface area contributed by atoms with E-state index < -0.39 is 0 Å². The van der Waals surface area contributed by atoms with Gasteiger partial charge in [0, 0.05) is 63.5 Å². The van der Waals surface area contributed by atoms with Gasteiger partial charge in [-0.25, -0.2) is 4.98 Å². The third-order valence-corrected chi connectivity index (χ3v) is 6.11. The Bertz CT molecular complexity index is 973. The molecule has 0 saturated carbocycles. The molecule has 4 rings (SSSR count). The molecule has 0 spiro atoms. The normalized spacial score (nSPS) is 17.7. The smallest absolute Gasteiger partial charge is 0.136 e. The van der Waals surface area contributed by atoms with Gasteiger partial charge in [-0.15, -0.1) is 0 Å². The van der Waals surface area contributed by atoms with E-state index in [-0.39, 0.29) is 6.61 Å². The van der Waals surface area contributed by atoms with Crippen molar-refractivity contribution in [1.29, 1.82) is 0 Å². The lowest BCUT2D eigenvalue weighted by Crippen LogP contribution is -2.52. The summed E-state index contributed by atoms with van der Waals surface area (Å²) in [6, 6.07) is 17.0. The number of aliphatic hydroxyl groups is 1. The van der Waals surface area contributed by atoms with E-state index in [1.54, 1.807) is 7.11 Å². The zero-order chi connectivity index (χ0) is 21.6. The molecule has 1 aliphatic heterocycles. The lowest BCUT2D eigenvalue weighted by molar-refractivity contribution is 0.0491. The van der Waals surface area contributed by atoms with Crippen LogP contribution in [0.3, 0.4) is 0 Å². The van der Waals surface area contributed by atoms with Gasteiger partial charge < -0.3 is 14.4 Å². The summed E-state index contributed by atoms with van der Waals surface area (Å²) in [5, 5.41) is 9.68. The highest BCUT2D eigenvalue weighted by Crippen LogP contribution is 2.23. The predicted molar refractivity (Wildman–Crippen MR) is 122 cm³/mol. The average Bonchev–Trinajstić information content (AvgIpc) is 3.24. The number of benzene rings is 1. The Morgan fingerprint density at radius 2 is 2.00 bits per heavy atom. The zero-order valence-corrected chi connectivity index (χ0v) is 18.4. The van der Waals surface area contributed by atoms with Crippen molar-refractivity contribution in [2.45, 2.75) is 32.5 Å². The largest absolute Gasteiger partial charge is 0.496 e. The summed E-state index contributed by atoms with van der Waals surface area (Å²) < 4.78 is 7.56. The van der Waals surface area contributed by atoms with Gasteiger partial charge in [-0.2, -0.15) is 0 Å². The molecule has 0 aliphatic carbocycles. The number of aryl methyl sites for hydroxylation is 1. The van der Waals surface area contributed by atoms with E-state index in [1.165, 1.54) is 11.3 Å². The number of ether oxygens (including phenoxy) is 1. The molecular weight excluding hydrogens is 388 g/mol. The van der Waals surface area contributed by atoms with Gasteiger partial charge in [0.05, 0.1) is 7.11 Å². The first-order valence-electron chi connectivity index (χ1n) is 11.0. The fraction of sp³-hybridized carbons (Fsp3) is 0.400. The van der Waals surface area contributed by atoms with Crippen LogP contribution in [-0.4, -0.2) is 63.9 Å². The summed E-state index contributed by atoms with van der Waals surface area (Å²) in [7, 11) is 1.71. The number of rotatable bonds is 8. The van der Waals surface area contributed by atoms with Crippen LogP contribution in [0.25, 0.3) is 5.82 Å². The number of aromatic nitrogens is 2. The lowest BCUT2D eigenvalue weighted by atomic mass is 10.1. The number of piperazine rings is 1. The Hall–Kier alpha value is -2.67. The first-order chi connectivity index (χ1) is 15.2. The summed E-state index contributed by atoms with van der Waals surface area (Å²) in [5.41, 5.74) is 3.69. The third-order valence-electron chi connectivity index (χ3n) is 6.11. The van der Waals surface area contributed by atoms with Crippen LogP contribution in [0.15, 0.2) is 60.9 Å². The highest BCUT2D eigenvalue weighted by molar-refractivity contribution is 5.36. The van der Waals surface area contributed by atoms with Gasteiger partial charge in [0.25, 0.3) is 0 Å². The van der Waals surface area contributed by atoms with Gasteiger partial charge in [-0.3, -0.25) is 9.80 Å². The summed E-state index contributed by atoms with van der Waals surface area (Å²) in [6.07, 6.45) is 4.69. The van der Waals surface area contributed by atoms with E-state index in [2.05, 4.69) is 56.7 Å². The second kappa shape index (κ2) is 10.1. The Morgan fingerprint density at radius 3 is 2.74 bits per heavy atom. The van der Waals surface area contributed by atoms with E-state index in [9.17, 15) is 5.11 Å². The van der Waals surface area contributed by atoms with Gasteiger partial charge in [-0.1, -0.05) is 18.2 Å². The van der Waals surface area contributed by atoms with Crippen molar-refractivity contribution in [3.05, 3.63) is 77.7 Å². The molecule has 0 amide bonds. The van der Waals surface area contributed by atoms with Crippen LogP contribution in [0.2, 0.25) is 0 Å². The minimum absolute atomic E-state index is 0.209. The molecule has 1 fully saturated rings. The fourth-order valence-corrected chi connectivity index (χ4v) is 4.50. The van der Waals surface area contributed by atoms with Crippen molar-refractivity contribution >= 4 is 0 Å². The molecule has 31 heavy (non-hydrogen) atoms. The Labute approximate surface area is 184 Å². The Morgan fingerprint density at radius 1 is 1.10 bits per heavy atom. The third kappa shape index (κ3) is 5.15. The van der Waals surface area contributed by atoms with E-state index in [0.717, 1.165) is 56.3 Å². The number of methoxy groups -OCH3 is 1. The Balaban J connectivity index is 1.43. The minimum Gasteiger partial charge on any atom is -0.496 e. The first kappa shape index (κ1) is 21.6. The fourth-order valence-electron chi connectivity index (χ4n) is 4.50. The average molecular weight is 421 g/mol. The number of hydrogen-bond acceptors (Lipinski definition) is 5. The predicted octanol–water partition coefficient (Wildman–Crippen LogP) is 3.26. The number of hydrogen-bond donors (Lipinski definition) is 1. The van der Waals surface area contributed by atoms with Crippen LogP contribution in [-0.2, 0) is 13.1 Å². The molecule has 1 saturated heterocycles. The monoisotopic (exact) mass is 420 g/mol. The molecule has 6 nitrogen and oxygen atoms in total.